The summed E-state index contributed by atoms with van der Waals surface area (Å²) in [7, 11) is 0. The summed E-state index contributed by atoms with van der Waals surface area (Å²) in [5, 5.41) is 2.53. The van der Waals surface area contributed by atoms with E-state index in [4.69, 9.17) is 0 Å². The largest absolute Gasteiger partial charge is 0.342 e. The van der Waals surface area contributed by atoms with Gasteiger partial charge in [0.15, 0.2) is 0 Å². The Morgan fingerprint density at radius 2 is 1.52 bits per heavy atom. The maximum absolute atomic E-state index is 13.2. The third kappa shape index (κ3) is 5.73. The molecule has 2 fully saturated rings. The van der Waals surface area contributed by atoms with E-state index < -0.39 is 11.6 Å². The number of anilines is 1. The topological polar surface area (TPSA) is 52.7 Å². The highest BCUT2D eigenvalue weighted by Crippen LogP contribution is 2.22. The molecule has 27 heavy (non-hydrogen) atoms. The van der Waals surface area contributed by atoms with Crippen LogP contribution in [0.3, 0.4) is 0 Å². The molecule has 2 saturated heterocycles. The molecule has 2 aliphatic heterocycles. The van der Waals surface area contributed by atoms with E-state index in [1.165, 1.54) is 12.8 Å². The number of nitrogens with one attached hydrogen (secondary N) is 1. The minimum atomic E-state index is -0.724. The van der Waals surface area contributed by atoms with Crippen LogP contribution in [0.1, 0.15) is 38.5 Å². The van der Waals surface area contributed by atoms with Crippen molar-refractivity contribution in [1.29, 1.82) is 0 Å². The smallest absolute Gasteiger partial charge is 0.238 e. The predicted molar refractivity (Wildman–Crippen MR) is 99.2 cm³/mol. The zero-order valence-corrected chi connectivity index (χ0v) is 15.6. The Morgan fingerprint density at radius 3 is 2.11 bits per heavy atom. The Balaban J connectivity index is 1.44. The zero-order valence-electron chi connectivity index (χ0n) is 15.6. The maximum atomic E-state index is 13.2. The van der Waals surface area contributed by atoms with E-state index in [0.29, 0.717) is 13.1 Å². The lowest BCUT2D eigenvalue weighted by atomic mass is 9.95. The highest BCUT2D eigenvalue weighted by atomic mass is 19.1. The third-order valence-electron chi connectivity index (χ3n) is 5.37. The first-order valence-electron chi connectivity index (χ1n) is 9.78. The van der Waals surface area contributed by atoms with Crippen LogP contribution in [0.4, 0.5) is 14.5 Å². The van der Waals surface area contributed by atoms with E-state index in [-0.39, 0.29) is 30.0 Å². The number of nitrogens with zero attached hydrogens (tertiary/aromatic N) is 2. The molecule has 0 bridgehead atoms. The van der Waals surface area contributed by atoms with Crippen molar-refractivity contribution in [2.24, 2.45) is 5.92 Å². The first-order valence-corrected chi connectivity index (χ1v) is 9.78. The van der Waals surface area contributed by atoms with Crippen molar-refractivity contribution in [2.45, 2.75) is 38.5 Å². The van der Waals surface area contributed by atoms with Gasteiger partial charge in [-0.05, 0) is 50.9 Å². The van der Waals surface area contributed by atoms with E-state index >= 15 is 0 Å². The van der Waals surface area contributed by atoms with Gasteiger partial charge < -0.3 is 10.2 Å². The van der Waals surface area contributed by atoms with Gasteiger partial charge >= 0.3 is 0 Å². The highest BCUT2D eigenvalue weighted by molar-refractivity contribution is 5.92. The number of carbonyl (C=O) groups is 2. The van der Waals surface area contributed by atoms with Crippen molar-refractivity contribution in [3.63, 3.8) is 0 Å². The molecule has 7 heteroatoms. The van der Waals surface area contributed by atoms with Gasteiger partial charge in [0.2, 0.25) is 11.8 Å². The lowest BCUT2D eigenvalue weighted by Gasteiger charge is -2.33. The number of likely N-dealkylation sites (tertiary alicyclic amines) is 2. The molecule has 1 N–H and O–H groups in total. The Morgan fingerprint density at radius 1 is 0.926 bits per heavy atom. The number of piperidine rings is 1. The summed E-state index contributed by atoms with van der Waals surface area (Å²) in [4.78, 5) is 28.8. The van der Waals surface area contributed by atoms with Gasteiger partial charge in [0.25, 0.3) is 0 Å². The Labute approximate surface area is 158 Å². The first kappa shape index (κ1) is 19.7. The number of hydrogen-bond donors (Lipinski definition) is 1. The van der Waals surface area contributed by atoms with Crippen LogP contribution in [-0.4, -0.2) is 54.3 Å². The fourth-order valence-electron chi connectivity index (χ4n) is 3.92. The number of hydrogen-bond acceptors (Lipinski definition) is 3. The lowest BCUT2D eigenvalue weighted by Crippen LogP contribution is -2.44. The fourth-order valence-corrected chi connectivity index (χ4v) is 3.92. The monoisotopic (exact) mass is 379 g/mol. The van der Waals surface area contributed by atoms with Gasteiger partial charge in [-0.25, -0.2) is 8.78 Å². The van der Waals surface area contributed by atoms with Gasteiger partial charge in [-0.15, -0.1) is 0 Å². The molecular formula is C20H27F2N3O2. The van der Waals surface area contributed by atoms with Crippen LogP contribution in [0.5, 0.6) is 0 Å². The van der Waals surface area contributed by atoms with Crippen LogP contribution in [0.15, 0.2) is 18.2 Å². The average Bonchev–Trinajstić information content (AvgIpc) is 2.90. The van der Waals surface area contributed by atoms with Crippen LogP contribution < -0.4 is 5.32 Å². The molecule has 3 rings (SSSR count). The number of amides is 2. The summed E-state index contributed by atoms with van der Waals surface area (Å²) < 4.78 is 26.4. The van der Waals surface area contributed by atoms with E-state index in [2.05, 4.69) is 5.32 Å². The van der Waals surface area contributed by atoms with Crippen molar-refractivity contribution in [1.82, 2.24) is 9.80 Å². The summed E-state index contributed by atoms with van der Waals surface area (Å²) in [5.41, 5.74) is 0.115. The molecule has 0 aromatic heterocycles. The van der Waals surface area contributed by atoms with Crippen molar-refractivity contribution >= 4 is 17.5 Å². The fraction of sp³-hybridized carbons (Fsp3) is 0.600. The van der Waals surface area contributed by atoms with Gasteiger partial charge in [0.05, 0.1) is 6.54 Å². The second kappa shape index (κ2) is 9.26. The Kier molecular flexibility index (Phi) is 6.77. The molecule has 0 atom stereocenters. The maximum Gasteiger partial charge on any atom is 0.238 e. The van der Waals surface area contributed by atoms with Crippen LogP contribution >= 0.6 is 0 Å². The minimum absolute atomic E-state index is 0.0414. The first-order chi connectivity index (χ1) is 13.0. The molecule has 5 nitrogen and oxygen atoms in total. The van der Waals surface area contributed by atoms with Crippen molar-refractivity contribution in [2.75, 3.05) is 38.0 Å². The van der Waals surface area contributed by atoms with Crippen molar-refractivity contribution in [3.8, 4) is 0 Å². The van der Waals surface area contributed by atoms with Gasteiger partial charge in [-0.2, -0.15) is 0 Å². The van der Waals surface area contributed by atoms with Crippen LogP contribution in [0.2, 0.25) is 0 Å². The molecule has 2 heterocycles. The third-order valence-corrected chi connectivity index (χ3v) is 5.37. The summed E-state index contributed by atoms with van der Waals surface area (Å²) >= 11 is 0. The molecule has 1 aromatic carbocycles. The van der Waals surface area contributed by atoms with Crippen LogP contribution in [0.25, 0.3) is 0 Å². The molecule has 1 aromatic rings. The molecule has 0 saturated carbocycles. The molecule has 0 radical (unpaired) electrons. The second-order valence-corrected chi connectivity index (χ2v) is 7.50. The van der Waals surface area contributed by atoms with Crippen LogP contribution in [-0.2, 0) is 9.59 Å². The molecule has 2 aliphatic rings. The Hall–Kier alpha value is -2.02. The minimum Gasteiger partial charge on any atom is -0.342 e. The van der Waals surface area contributed by atoms with Gasteiger partial charge in [0, 0.05) is 30.8 Å². The van der Waals surface area contributed by atoms with Gasteiger partial charge in [0.1, 0.15) is 11.6 Å². The molecule has 0 unspecified atom stereocenters. The standard InChI is InChI=1S/C20H27F2N3O2/c21-16-11-17(22)13-18(12-16)23-19(26)14-24-9-5-15(6-10-24)20(27)25-7-3-1-2-4-8-25/h11-13,15H,1-10,14H2,(H,23,26). The second-order valence-electron chi connectivity index (χ2n) is 7.50. The zero-order chi connectivity index (χ0) is 19.2. The van der Waals surface area contributed by atoms with Crippen molar-refractivity contribution in [3.05, 3.63) is 29.8 Å². The summed E-state index contributed by atoms with van der Waals surface area (Å²) in [5.74, 6) is -1.45. The highest BCUT2D eigenvalue weighted by Gasteiger charge is 2.29. The number of halogens is 2. The van der Waals surface area contributed by atoms with Crippen LogP contribution in [0, 0.1) is 17.6 Å². The summed E-state index contributed by atoms with van der Waals surface area (Å²) in [6.45, 7) is 3.24. The molecule has 0 spiro atoms. The quantitative estimate of drug-likeness (QED) is 0.875. The lowest BCUT2D eigenvalue weighted by molar-refractivity contribution is -0.137. The number of benzene rings is 1. The van der Waals surface area contributed by atoms with E-state index in [1.807, 2.05) is 9.80 Å². The number of rotatable bonds is 4. The molecule has 2 amide bonds. The average molecular weight is 379 g/mol. The van der Waals surface area contributed by atoms with E-state index in [9.17, 15) is 18.4 Å². The SMILES string of the molecule is O=C(CN1CCC(C(=O)N2CCCCCC2)CC1)Nc1cc(F)cc(F)c1. The van der Waals surface area contributed by atoms with E-state index in [1.54, 1.807) is 0 Å². The summed E-state index contributed by atoms with van der Waals surface area (Å²) in [6, 6.07) is 2.95. The van der Waals surface area contributed by atoms with Gasteiger partial charge in [-0.1, -0.05) is 12.8 Å². The number of carbonyl (C=O) groups excluding carboxylic acids is 2. The predicted octanol–water partition coefficient (Wildman–Crippen LogP) is 3.02. The normalized spacial score (nSPS) is 19.6. The molecular weight excluding hydrogens is 352 g/mol. The summed E-state index contributed by atoms with van der Waals surface area (Å²) in [6.07, 6.45) is 6.07. The molecule has 0 aliphatic carbocycles. The van der Waals surface area contributed by atoms with Gasteiger partial charge in [-0.3, -0.25) is 14.5 Å². The van der Waals surface area contributed by atoms with E-state index in [0.717, 1.165) is 57.0 Å². The Bertz CT molecular complexity index is 647. The molecule has 148 valence electrons. The van der Waals surface area contributed by atoms with Crippen molar-refractivity contribution < 1.29 is 18.4 Å².